The molecule has 0 heterocycles. The van der Waals surface area contributed by atoms with Gasteiger partial charge in [0.05, 0.1) is 12.2 Å². The molecule has 0 aliphatic heterocycles. The van der Waals surface area contributed by atoms with Gasteiger partial charge in [-0.1, -0.05) is 34.6 Å². The minimum absolute atomic E-state index is 0.151. The summed E-state index contributed by atoms with van der Waals surface area (Å²) in [5.74, 6) is 3.78. The summed E-state index contributed by atoms with van der Waals surface area (Å²) in [5.41, 5.74) is 0.584. The fourth-order valence-corrected chi connectivity index (χ4v) is 9.43. The third-order valence-electron chi connectivity index (χ3n) is 10.9. The molecule has 0 aromatic rings. The first kappa shape index (κ1) is 21.8. The summed E-state index contributed by atoms with van der Waals surface area (Å²) >= 11 is 0. The molecule has 0 radical (unpaired) electrons. The standard InChI is InChI=1S/C26H44O3/c1-15(14-27)12-16(2)19-6-7-20-23-21(9-11-25(19,20)4)26(5)10-8-18(28)13-22(26)17(3)24(23)29/h14-24,28-29H,6-13H2,1-5H3/t15-,16+,17+,18+,19+,20?,21?,22?,23?,24-,25+,26+/m0/s1. The van der Waals surface area contributed by atoms with E-state index >= 15 is 0 Å². The molecule has 4 aliphatic carbocycles. The minimum atomic E-state index is -0.226. The first-order chi connectivity index (χ1) is 13.6. The lowest BCUT2D eigenvalue weighted by Crippen LogP contribution is -2.61. The maximum Gasteiger partial charge on any atom is 0.122 e. The van der Waals surface area contributed by atoms with E-state index in [1.165, 1.54) is 25.7 Å². The minimum Gasteiger partial charge on any atom is -0.393 e. The Hall–Kier alpha value is -0.410. The monoisotopic (exact) mass is 404 g/mol. The lowest BCUT2D eigenvalue weighted by molar-refractivity contribution is -0.199. The zero-order valence-corrected chi connectivity index (χ0v) is 19.3. The van der Waals surface area contributed by atoms with Crippen LogP contribution < -0.4 is 0 Å². The van der Waals surface area contributed by atoms with Gasteiger partial charge in [-0.2, -0.15) is 0 Å². The van der Waals surface area contributed by atoms with E-state index in [1.807, 2.05) is 0 Å². The van der Waals surface area contributed by atoms with Crippen molar-refractivity contribution < 1.29 is 15.0 Å². The van der Waals surface area contributed by atoms with Crippen LogP contribution in [-0.2, 0) is 4.79 Å². The normalized spacial score (nSPS) is 54.0. The number of carbonyl (C=O) groups is 1. The molecule has 29 heavy (non-hydrogen) atoms. The molecule has 4 rings (SSSR count). The molecule has 4 unspecified atom stereocenters. The van der Waals surface area contributed by atoms with Gasteiger partial charge in [-0.3, -0.25) is 0 Å². The lowest BCUT2D eigenvalue weighted by Gasteiger charge is -2.64. The summed E-state index contributed by atoms with van der Waals surface area (Å²) in [6, 6.07) is 0. The lowest BCUT2D eigenvalue weighted by atomic mass is 9.42. The van der Waals surface area contributed by atoms with Crippen molar-refractivity contribution in [3.8, 4) is 0 Å². The van der Waals surface area contributed by atoms with Crippen LogP contribution in [0.1, 0.15) is 86.0 Å². The SMILES string of the molecule is C[C@H](C=O)C[C@@H](C)[C@H]1CCC2C3C(CC[C@@]21C)[C@@]1(C)CC[C@@H](O)CC1[C@@H](C)[C@@H]3O. The Labute approximate surface area is 178 Å². The Morgan fingerprint density at radius 3 is 2.31 bits per heavy atom. The van der Waals surface area contributed by atoms with E-state index in [1.54, 1.807) is 0 Å². The largest absolute Gasteiger partial charge is 0.393 e. The maximum atomic E-state index is 11.6. The summed E-state index contributed by atoms with van der Waals surface area (Å²) in [4.78, 5) is 11.2. The van der Waals surface area contributed by atoms with Crippen molar-refractivity contribution in [3.05, 3.63) is 0 Å². The van der Waals surface area contributed by atoms with E-state index in [2.05, 4.69) is 34.6 Å². The van der Waals surface area contributed by atoms with E-state index in [9.17, 15) is 15.0 Å². The molecule has 3 heteroatoms. The van der Waals surface area contributed by atoms with Gasteiger partial charge in [0.1, 0.15) is 6.29 Å². The van der Waals surface area contributed by atoms with Gasteiger partial charge in [0.25, 0.3) is 0 Å². The van der Waals surface area contributed by atoms with E-state index in [0.29, 0.717) is 40.9 Å². The Morgan fingerprint density at radius 2 is 1.62 bits per heavy atom. The van der Waals surface area contributed by atoms with Crippen molar-refractivity contribution in [2.45, 2.75) is 98.2 Å². The van der Waals surface area contributed by atoms with Crippen molar-refractivity contribution in [3.63, 3.8) is 0 Å². The van der Waals surface area contributed by atoms with Gasteiger partial charge in [-0.05, 0) is 104 Å². The fraction of sp³-hybridized carbons (Fsp3) is 0.962. The molecule has 166 valence electrons. The molecule has 4 aliphatic rings. The van der Waals surface area contributed by atoms with Crippen LogP contribution in [0.3, 0.4) is 0 Å². The average Bonchev–Trinajstić information content (AvgIpc) is 3.04. The quantitative estimate of drug-likeness (QED) is 0.642. The van der Waals surface area contributed by atoms with Gasteiger partial charge in [0, 0.05) is 5.92 Å². The number of aliphatic hydroxyl groups is 2. The summed E-state index contributed by atoms with van der Waals surface area (Å²) < 4.78 is 0. The van der Waals surface area contributed by atoms with E-state index in [0.717, 1.165) is 32.0 Å². The number of fused-ring (bicyclic) bond motifs is 5. The van der Waals surface area contributed by atoms with Crippen LogP contribution in [0.2, 0.25) is 0 Å². The first-order valence-electron chi connectivity index (χ1n) is 12.4. The smallest absolute Gasteiger partial charge is 0.122 e. The molecule has 0 aromatic carbocycles. The Balaban J connectivity index is 1.61. The number of carbonyl (C=O) groups excluding carboxylic acids is 1. The second kappa shape index (κ2) is 7.62. The highest BCUT2D eigenvalue weighted by molar-refractivity contribution is 5.52. The molecule has 4 saturated carbocycles. The molecular formula is C26H44O3. The first-order valence-corrected chi connectivity index (χ1v) is 12.4. The van der Waals surface area contributed by atoms with Gasteiger partial charge in [-0.15, -0.1) is 0 Å². The number of aldehydes is 1. The highest BCUT2D eigenvalue weighted by Gasteiger charge is 2.64. The molecule has 0 aromatic heterocycles. The van der Waals surface area contributed by atoms with Gasteiger partial charge < -0.3 is 15.0 Å². The second-order valence-corrected chi connectivity index (χ2v) is 12.2. The Morgan fingerprint density at radius 1 is 0.966 bits per heavy atom. The molecule has 3 nitrogen and oxygen atoms in total. The van der Waals surface area contributed by atoms with E-state index < -0.39 is 0 Å². The van der Waals surface area contributed by atoms with E-state index in [4.69, 9.17) is 0 Å². The van der Waals surface area contributed by atoms with Crippen molar-refractivity contribution in [2.24, 2.45) is 58.2 Å². The summed E-state index contributed by atoms with van der Waals surface area (Å²) in [5, 5.41) is 21.9. The molecule has 0 bridgehead atoms. The Kier molecular flexibility index (Phi) is 5.73. The van der Waals surface area contributed by atoms with Crippen LogP contribution in [0.4, 0.5) is 0 Å². The predicted octanol–water partition coefficient (Wildman–Crippen LogP) is 5.08. The third kappa shape index (κ3) is 3.25. The van der Waals surface area contributed by atoms with Crippen molar-refractivity contribution >= 4 is 6.29 Å². The molecule has 12 atom stereocenters. The van der Waals surface area contributed by atoms with Crippen molar-refractivity contribution in [1.29, 1.82) is 0 Å². The molecule has 4 fully saturated rings. The summed E-state index contributed by atoms with van der Waals surface area (Å²) in [7, 11) is 0. The van der Waals surface area contributed by atoms with Crippen LogP contribution >= 0.6 is 0 Å². The highest BCUT2D eigenvalue weighted by Crippen LogP contribution is 2.69. The number of rotatable bonds is 4. The maximum absolute atomic E-state index is 11.6. The van der Waals surface area contributed by atoms with Crippen LogP contribution in [0.25, 0.3) is 0 Å². The van der Waals surface area contributed by atoms with Crippen LogP contribution in [0.5, 0.6) is 0 Å². The fourth-order valence-electron chi connectivity index (χ4n) is 9.43. The molecule has 2 N–H and O–H groups in total. The van der Waals surface area contributed by atoms with Gasteiger partial charge in [0.2, 0.25) is 0 Å². The average molecular weight is 405 g/mol. The van der Waals surface area contributed by atoms with Crippen molar-refractivity contribution in [2.75, 3.05) is 0 Å². The molecule has 0 saturated heterocycles. The number of hydrogen-bond acceptors (Lipinski definition) is 3. The van der Waals surface area contributed by atoms with Crippen LogP contribution in [-0.4, -0.2) is 28.7 Å². The number of aliphatic hydroxyl groups excluding tert-OH is 2. The van der Waals surface area contributed by atoms with Crippen LogP contribution in [0, 0.1) is 58.2 Å². The second-order valence-electron chi connectivity index (χ2n) is 12.2. The van der Waals surface area contributed by atoms with Gasteiger partial charge in [-0.25, -0.2) is 0 Å². The third-order valence-corrected chi connectivity index (χ3v) is 10.9. The zero-order valence-electron chi connectivity index (χ0n) is 19.3. The van der Waals surface area contributed by atoms with Crippen LogP contribution in [0.15, 0.2) is 0 Å². The van der Waals surface area contributed by atoms with E-state index in [-0.39, 0.29) is 29.5 Å². The zero-order chi connectivity index (χ0) is 21.1. The number of hydrogen-bond donors (Lipinski definition) is 2. The van der Waals surface area contributed by atoms with Gasteiger partial charge >= 0.3 is 0 Å². The topological polar surface area (TPSA) is 57.5 Å². The molecular weight excluding hydrogens is 360 g/mol. The van der Waals surface area contributed by atoms with Crippen molar-refractivity contribution in [1.82, 2.24) is 0 Å². The van der Waals surface area contributed by atoms with Gasteiger partial charge in [0.15, 0.2) is 0 Å². The highest BCUT2D eigenvalue weighted by atomic mass is 16.3. The predicted molar refractivity (Wildman–Crippen MR) is 116 cm³/mol. The molecule has 0 spiro atoms. The Bertz CT molecular complexity index is 619. The summed E-state index contributed by atoms with van der Waals surface area (Å²) in [6.45, 7) is 11.7. The summed E-state index contributed by atoms with van der Waals surface area (Å²) in [6.07, 6.45) is 9.66. The molecule has 0 amide bonds.